The predicted octanol–water partition coefficient (Wildman–Crippen LogP) is 4.34. The number of carboxylic acids is 1. The summed E-state index contributed by atoms with van der Waals surface area (Å²) < 4.78 is 6.10. The molecule has 0 aliphatic heterocycles. The number of nitro benzene ring substituents is 1. The van der Waals surface area contributed by atoms with E-state index in [0.717, 1.165) is 0 Å². The van der Waals surface area contributed by atoms with Gasteiger partial charge in [-0.2, -0.15) is 0 Å². The summed E-state index contributed by atoms with van der Waals surface area (Å²) in [6.45, 7) is 0. The van der Waals surface area contributed by atoms with E-state index in [1.165, 1.54) is 30.3 Å². The molecule has 108 valence electrons. The molecule has 2 aromatic carbocycles. The van der Waals surface area contributed by atoms with Crippen LogP contribution in [0.3, 0.4) is 0 Å². The summed E-state index contributed by atoms with van der Waals surface area (Å²) in [4.78, 5) is 21.5. The first kappa shape index (κ1) is 15.5. The van der Waals surface area contributed by atoms with E-state index in [2.05, 4.69) is 0 Å². The van der Waals surface area contributed by atoms with Gasteiger partial charge in [0.15, 0.2) is 0 Å². The highest BCUT2D eigenvalue weighted by molar-refractivity contribution is 14.1. The Kier molecular flexibility index (Phi) is 4.63. The molecule has 0 radical (unpaired) electrons. The van der Waals surface area contributed by atoms with Crippen LogP contribution in [0.1, 0.15) is 10.4 Å². The Balaban J connectivity index is 2.50. The summed E-state index contributed by atoms with van der Waals surface area (Å²) in [5, 5.41) is 20.4. The minimum Gasteiger partial charge on any atom is -0.478 e. The van der Waals surface area contributed by atoms with E-state index in [1.807, 2.05) is 22.6 Å². The highest BCUT2D eigenvalue weighted by Gasteiger charge is 2.19. The summed E-state index contributed by atoms with van der Waals surface area (Å²) in [6, 6.07) is 8.32. The number of ether oxygens (including phenoxy) is 1. The van der Waals surface area contributed by atoms with Crippen molar-refractivity contribution in [2.45, 2.75) is 0 Å². The summed E-state index contributed by atoms with van der Waals surface area (Å²) in [5.41, 5.74) is -0.384. The maximum atomic E-state index is 11.2. The van der Waals surface area contributed by atoms with E-state index in [4.69, 9.17) is 21.4 Å². The lowest BCUT2D eigenvalue weighted by Crippen LogP contribution is -2.01. The van der Waals surface area contributed by atoms with Crippen molar-refractivity contribution in [1.29, 1.82) is 0 Å². The van der Waals surface area contributed by atoms with Gasteiger partial charge in [-0.05, 0) is 46.9 Å². The van der Waals surface area contributed by atoms with Gasteiger partial charge in [0.1, 0.15) is 11.3 Å². The van der Waals surface area contributed by atoms with Crippen molar-refractivity contribution in [3.63, 3.8) is 0 Å². The fourth-order valence-corrected chi connectivity index (χ4v) is 2.25. The third-order valence-electron chi connectivity index (χ3n) is 2.51. The van der Waals surface area contributed by atoms with E-state index in [0.29, 0.717) is 3.57 Å². The van der Waals surface area contributed by atoms with Gasteiger partial charge in [-0.15, -0.1) is 0 Å². The van der Waals surface area contributed by atoms with Crippen LogP contribution in [0.25, 0.3) is 0 Å². The van der Waals surface area contributed by atoms with Gasteiger partial charge in [-0.25, -0.2) is 4.79 Å². The summed E-state index contributed by atoms with van der Waals surface area (Å²) >= 11 is 7.76. The first-order valence-corrected chi connectivity index (χ1v) is 6.99. The zero-order chi connectivity index (χ0) is 15.6. The Labute approximate surface area is 137 Å². The molecular weight excluding hydrogens is 413 g/mol. The van der Waals surface area contributed by atoms with Crippen LogP contribution in [-0.4, -0.2) is 16.0 Å². The maximum Gasteiger partial charge on any atom is 0.339 e. The Bertz CT molecular complexity index is 734. The summed E-state index contributed by atoms with van der Waals surface area (Å²) in [5.74, 6) is -1.29. The van der Waals surface area contributed by atoms with E-state index in [1.54, 1.807) is 6.07 Å². The number of carboxylic acid groups (broad SMARTS) is 1. The van der Waals surface area contributed by atoms with Crippen LogP contribution < -0.4 is 4.74 Å². The molecule has 6 nitrogen and oxygen atoms in total. The molecule has 2 aromatic rings. The van der Waals surface area contributed by atoms with Gasteiger partial charge in [0.05, 0.1) is 4.92 Å². The molecule has 0 heterocycles. The van der Waals surface area contributed by atoms with Gasteiger partial charge in [0.2, 0.25) is 5.75 Å². The van der Waals surface area contributed by atoms with Gasteiger partial charge in [0, 0.05) is 20.7 Å². The Morgan fingerprint density at radius 3 is 2.57 bits per heavy atom. The lowest BCUT2D eigenvalue weighted by Gasteiger charge is -2.09. The number of hydrogen-bond acceptors (Lipinski definition) is 4. The third-order valence-corrected chi connectivity index (χ3v) is 3.42. The minimum atomic E-state index is -1.19. The molecule has 0 spiro atoms. The molecule has 0 aliphatic rings. The largest absolute Gasteiger partial charge is 0.478 e. The molecule has 0 aliphatic carbocycles. The zero-order valence-corrected chi connectivity index (χ0v) is 13.2. The van der Waals surface area contributed by atoms with Crippen molar-refractivity contribution in [2.24, 2.45) is 0 Å². The van der Waals surface area contributed by atoms with E-state index in [9.17, 15) is 14.9 Å². The van der Waals surface area contributed by atoms with Crippen molar-refractivity contribution >= 4 is 45.8 Å². The van der Waals surface area contributed by atoms with Gasteiger partial charge in [-0.1, -0.05) is 11.6 Å². The van der Waals surface area contributed by atoms with Gasteiger partial charge < -0.3 is 9.84 Å². The summed E-state index contributed by atoms with van der Waals surface area (Å²) in [6.07, 6.45) is 0. The summed E-state index contributed by atoms with van der Waals surface area (Å²) in [7, 11) is 0. The van der Waals surface area contributed by atoms with Crippen LogP contribution in [0.5, 0.6) is 11.5 Å². The quantitative estimate of drug-likeness (QED) is 0.452. The monoisotopic (exact) mass is 419 g/mol. The van der Waals surface area contributed by atoms with Crippen LogP contribution in [0.15, 0.2) is 36.4 Å². The molecule has 8 heteroatoms. The molecule has 0 unspecified atom stereocenters. The average Bonchev–Trinajstić information content (AvgIpc) is 2.40. The van der Waals surface area contributed by atoms with E-state index < -0.39 is 10.9 Å². The Hall–Kier alpha value is -1.87. The molecule has 2 rings (SSSR count). The van der Waals surface area contributed by atoms with Crippen LogP contribution in [0.4, 0.5) is 5.69 Å². The number of carbonyl (C=O) groups is 1. The van der Waals surface area contributed by atoms with Crippen molar-refractivity contribution in [1.82, 2.24) is 0 Å². The molecule has 0 aromatic heterocycles. The molecule has 0 bridgehead atoms. The third kappa shape index (κ3) is 3.61. The second-order valence-electron chi connectivity index (χ2n) is 3.92. The number of hydrogen-bond donors (Lipinski definition) is 1. The fraction of sp³-hybridized carbons (Fsp3) is 0. The minimum absolute atomic E-state index is 0.00767. The average molecular weight is 420 g/mol. The van der Waals surface area contributed by atoms with Gasteiger partial charge >= 0.3 is 11.7 Å². The van der Waals surface area contributed by atoms with Gasteiger partial charge in [-0.3, -0.25) is 10.1 Å². The molecule has 0 atom stereocenters. The first-order chi connectivity index (χ1) is 9.88. The number of rotatable bonds is 4. The molecule has 0 saturated carbocycles. The van der Waals surface area contributed by atoms with E-state index in [-0.39, 0.29) is 27.8 Å². The lowest BCUT2D eigenvalue weighted by molar-refractivity contribution is -0.385. The number of halogens is 2. The highest BCUT2D eigenvalue weighted by atomic mass is 127. The fourth-order valence-electron chi connectivity index (χ4n) is 1.60. The van der Waals surface area contributed by atoms with Crippen LogP contribution in [0, 0.1) is 13.7 Å². The maximum absolute atomic E-state index is 11.2. The smallest absolute Gasteiger partial charge is 0.339 e. The van der Waals surface area contributed by atoms with Crippen molar-refractivity contribution in [2.75, 3.05) is 0 Å². The number of nitrogens with zero attached hydrogens (tertiary/aromatic N) is 1. The molecule has 0 amide bonds. The Morgan fingerprint density at radius 1 is 1.24 bits per heavy atom. The molecule has 21 heavy (non-hydrogen) atoms. The molecule has 1 N–H and O–H groups in total. The second-order valence-corrected chi connectivity index (χ2v) is 5.60. The zero-order valence-electron chi connectivity index (χ0n) is 10.2. The normalized spacial score (nSPS) is 10.2. The van der Waals surface area contributed by atoms with Crippen LogP contribution in [0.2, 0.25) is 5.02 Å². The molecule has 0 saturated heterocycles. The van der Waals surface area contributed by atoms with Gasteiger partial charge in [0.25, 0.3) is 0 Å². The van der Waals surface area contributed by atoms with Crippen molar-refractivity contribution in [3.8, 4) is 11.5 Å². The Morgan fingerprint density at radius 2 is 1.95 bits per heavy atom. The van der Waals surface area contributed by atoms with E-state index >= 15 is 0 Å². The SMILES string of the molecule is O=C(O)c1cc(I)ccc1Oc1cc(Cl)ccc1[N+](=O)[O-]. The van der Waals surface area contributed by atoms with Crippen molar-refractivity contribution < 1.29 is 19.6 Å². The number of benzene rings is 2. The van der Waals surface area contributed by atoms with Crippen LogP contribution >= 0.6 is 34.2 Å². The molecular formula is C13H7ClINO5. The second kappa shape index (κ2) is 6.27. The number of aromatic carboxylic acids is 1. The highest BCUT2D eigenvalue weighted by Crippen LogP contribution is 2.35. The van der Waals surface area contributed by atoms with Crippen LogP contribution in [-0.2, 0) is 0 Å². The number of nitro groups is 1. The topological polar surface area (TPSA) is 89.7 Å². The standard InChI is InChI=1S/C13H7ClINO5/c14-7-1-3-10(16(19)20)12(5-7)21-11-4-2-8(15)6-9(11)13(17)18/h1-6H,(H,17,18). The van der Waals surface area contributed by atoms with Crippen molar-refractivity contribution in [3.05, 3.63) is 60.7 Å². The molecule has 0 fully saturated rings. The predicted molar refractivity (Wildman–Crippen MR) is 84.3 cm³/mol. The lowest BCUT2D eigenvalue weighted by atomic mass is 10.2. The first-order valence-electron chi connectivity index (χ1n) is 5.53.